The summed E-state index contributed by atoms with van der Waals surface area (Å²) in [5.41, 5.74) is 3.39. The van der Waals surface area contributed by atoms with Gasteiger partial charge in [-0.15, -0.1) is 0 Å². The zero-order valence-electron chi connectivity index (χ0n) is 25.1. The quantitative estimate of drug-likeness (QED) is 0.0961. The standard InChI is InChI=1S/3C10H4Cl4N2.Ag.NO3/c3*11-5-1-15-2-6(12)9(5)10-7(13)3-16-4-8(10)14;;2-1(3)4/h3*1-4H;;/q;;;+1;-1. The largest absolute Gasteiger partial charge is 1.00 e. The van der Waals surface area contributed by atoms with Gasteiger partial charge < -0.3 is 15.3 Å². The number of nitrogens with zero attached hydrogens (tertiary/aromatic N) is 7. The molecule has 0 amide bonds. The molecule has 0 aliphatic heterocycles. The minimum atomic E-state index is -1.75. The van der Waals surface area contributed by atoms with E-state index in [4.69, 9.17) is 155 Å². The summed E-state index contributed by atoms with van der Waals surface area (Å²) in [6.07, 6.45) is 17.8. The van der Waals surface area contributed by atoms with E-state index in [-0.39, 0.29) is 22.4 Å². The van der Waals surface area contributed by atoms with Gasteiger partial charge in [0.15, 0.2) is 0 Å². The maximum Gasteiger partial charge on any atom is 1.00 e. The van der Waals surface area contributed by atoms with Crippen LogP contribution in [-0.4, -0.2) is 35.0 Å². The van der Waals surface area contributed by atoms with E-state index in [0.29, 0.717) is 93.7 Å². The Bertz CT molecular complexity index is 1720. The molecule has 0 N–H and O–H groups in total. The molecule has 0 saturated carbocycles. The van der Waals surface area contributed by atoms with Gasteiger partial charge in [0.1, 0.15) is 0 Å². The van der Waals surface area contributed by atoms with Crippen LogP contribution in [0.4, 0.5) is 0 Å². The Hall–Kier alpha value is -1.68. The fraction of sp³-hybridized carbons (Fsp3) is 0. The average molecular weight is 1050 g/mol. The zero-order valence-corrected chi connectivity index (χ0v) is 35.7. The molecule has 280 valence electrons. The van der Waals surface area contributed by atoms with Crippen LogP contribution in [0.1, 0.15) is 0 Å². The maximum atomic E-state index is 8.25. The summed E-state index contributed by atoms with van der Waals surface area (Å²) in [7, 11) is 0. The van der Waals surface area contributed by atoms with Crippen LogP contribution < -0.4 is 0 Å². The van der Waals surface area contributed by atoms with E-state index < -0.39 is 5.09 Å². The molecule has 0 spiro atoms. The molecule has 0 unspecified atom stereocenters. The number of hydrogen-bond acceptors (Lipinski definition) is 9. The second kappa shape index (κ2) is 22.8. The first-order chi connectivity index (χ1) is 24.6. The van der Waals surface area contributed by atoms with E-state index in [9.17, 15) is 0 Å². The molecule has 0 aromatic carbocycles. The number of pyridine rings is 6. The second-order valence-corrected chi connectivity index (χ2v) is 14.0. The van der Waals surface area contributed by atoms with Crippen LogP contribution in [-0.2, 0) is 22.4 Å². The molecule has 23 heteroatoms. The van der Waals surface area contributed by atoms with Crippen molar-refractivity contribution in [2.75, 3.05) is 0 Å². The fourth-order valence-electron chi connectivity index (χ4n) is 3.90. The van der Waals surface area contributed by atoms with Gasteiger partial charge in [-0.25, -0.2) is 0 Å². The third-order valence-electron chi connectivity index (χ3n) is 5.87. The smallest absolute Gasteiger partial charge is 0.356 e. The summed E-state index contributed by atoms with van der Waals surface area (Å²) in [4.78, 5) is 31.4. The van der Waals surface area contributed by atoms with E-state index >= 15 is 0 Å². The molecule has 6 aromatic heterocycles. The second-order valence-electron chi connectivity index (χ2n) is 9.09. The van der Waals surface area contributed by atoms with Crippen molar-refractivity contribution >= 4 is 139 Å². The third-order valence-corrected chi connectivity index (χ3v) is 9.31. The van der Waals surface area contributed by atoms with Crippen molar-refractivity contribution in [2.45, 2.75) is 0 Å². The van der Waals surface area contributed by atoms with Crippen LogP contribution in [0.3, 0.4) is 0 Å². The minimum absolute atomic E-state index is 0. The Morgan fingerprint density at radius 2 is 0.377 bits per heavy atom. The van der Waals surface area contributed by atoms with Crippen LogP contribution in [0.2, 0.25) is 60.3 Å². The SMILES string of the molecule is Clc1cncc(Cl)c1-c1c(Cl)cncc1Cl.Clc1cncc(Cl)c1-c1c(Cl)cncc1Cl.Clc1cncc(Cl)c1-c1c(Cl)cncc1Cl.O=[N+]([O-])[O-].[Ag+]. The first kappa shape index (κ1) is 47.5. The van der Waals surface area contributed by atoms with Gasteiger partial charge in [-0.1, -0.05) is 139 Å². The number of halogens is 12. The third kappa shape index (κ3) is 13.2. The van der Waals surface area contributed by atoms with Crippen molar-refractivity contribution in [3.8, 4) is 33.4 Å². The predicted molar refractivity (Wildman–Crippen MR) is 213 cm³/mol. The Kier molecular flexibility index (Phi) is 20.4. The van der Waals surface area contributed by atoms with Crippen LogP contribution in [0.25, 0.3) is 33.4 Å². The Balaban J connectivity index is 0.000000259. The summed E-state index contributed by atoms with van der Waals surface area (Å²) in [6.45, 7) is 0. The van der Waals surface area contributed by atoms with Crippen molar-refractivity contribution < 1.29 is 27.5 Å². The van der Waals surface area contributed by atoms with Gasteiger partial charge in [0, 0.05) is 108 Å². The molecule has 0 aliphatic carbocycles. The van der Waals surface area contributed by atoms with E-state index in [2.05, 4.69) is 29.9 Å². The minimum Gasteiger partial charge on any atom is -0.356 e. The van der Waals surface area contributed by atoms with Crippen molar-refractivity contribution in [1.82, 2.24) is 29.9 Å². The molecule has 0 atom stereocenters. The Morgan fingerprint density at radius 1 is 0.302 bits per heavy atom. The van der Waals surface area contributed by atoms with E-state index in [1.807, 2.05) is 0 Å². The molecular formula is C30H12AgCl12N7O3. The molecule has 0 bridgehead atoms. The summed E-state index contributed by atoms with van der Waals surface area (Å²) in [6, 6.07) is 0. The normalized spacial score (nSPS) is 9.96. The summed E-state index contributed by atoms with van der Waals surface area (Å²) >= 11 is 72.3. The summed E-state index contributed by atoms with van der Waals surface area (Å²) in [5, 5.41) is 19.4. The van der Waals surface area contributed by atoms with Crippen molar-refractivity contribution in [2.24, 2.45) is 0 Å². The number of rotatable bonds is 3. The van der Waals surface area contributed by atoms with Gasteiger partial charge in [0.25, 0.3) is 0 Å². The van der Waals surface area contributed by atoms with Crippen LogP contribution in [0.15, 0.2) is 74.4 Å². The zero-order chi connectivity index (χ0) is 38.7. The Morgan fingerprint density at radius 3 is 0.453 bits per heavy atom. The number of aromatic nitrogens is 6. The first-order valence-electron chi connectivity index (χ1n) is 13.1. The molecule has 6 aromatic rings. The molecule has 6 heterocycles. The molecule has 6 rings (SSSR count). The average Bonchev–Trinajstić information content (AvgIpc) is 3.05. The van der Waals surface area contributed by atoms with Gasteiger partial charge in [0.2, 0.25) is 0 Å². The van der Waals surface area contributed by atoms with Gasteiger partial charge >= 0.3 is 22.4 Å². The molecule has 53 heavy (non-hydrogen) atoms. The maximum absolute atomic E-state index is 8.25. The topological polar surface area (TPSA) is 144 Å². The van der Waals surface area contributed by atoms with E-state index in [1.165, 1.54) is 74.4 Å². The number of hydrogen-bond donors (Lipinski definition) is 0. The molecular weight excluding hydrogens is 1040 g/mol. The molecule has 0 saturated heterocycles. The van der Waals surface area contributed by atoms with Crippen LogP contribution >= 0.6 is 139 Å². The van der Waals surface area contributed by atoms with Crippen molar-refractivity contribution in [3.05, 3.63) is 150 Å². The summed E-state index contributed by atoms with van der Waals surface area (Å²) < 4.78 is 0. The van der Waals surface area contributed by atoms with Crippen molar-refractivity contribution in [1.29, 1.82) is 0 Å². The molecule has 0 fully saturated rings. The predicted octanol–water partition coefficient (Wildman–Crippen LogP) is 14.0. The summed E-state index contributed by atoms with van der Waals surface area (Å²) in [5.74, 6) is 0. The van der Waals surface area contributed by atoms with Crippen LogP contribution in [0.5, 0.6) is 0 Å². The van der Waals surface area contributed by atoms with Gasteiger partial charge in [-0.2, -0.15) is 0 Å². The molecule has 0 aliphatic rings. The van der Waals surface area contributed by atoms with Gasteiger partial charge in [-0.05, 0) is 0 Å². The first-order valence-corrected chi connectivity index (χ1v) is 17.7. The molecule has 10 nitrogen and oxygen atoms in total. The fourth-order valence-corrected chi connectivity index (χ4v) is 7.22. The molecule has 0 radical (unpaired) electrons. The van der Waals surface area contributed by atoms with E-state index in [0.717, 1.165) is 0 Å². The van der Waals surface area contributed by atoms with Crippen LogP contribution in [0, 0.1) is 15.3 Å². The van der Waals surface area contributed by atoms with Gasteiger partial charge in [0.05, 0.1) is 65.4 Å². The van der Waals surface area contributed by atoms with Gasteiger partial charge in [-0.3, -0.25) is 29.9 Å². The van der Waals surface area contributed by atoms with E-state index in [1.54, 1.807) is 0 Å². The Labute approximate surface area is 376 Å². The monoisotopic (exact) mass is 1040 g/mol. The van der Waals surface area contributed by atoms with Crippen molar-refractivity contribution in [3.63, 3.8) is 0 Å².